The second kappa shape index (κ2) is 4.57. The van der Waals surface area contributed by atoms with Crippen LogP contribution in [-0.4, -0.2) is 20.6 Å². The van der Waals surface area contributed by atoms with Gasteiger partial charge in [0.05, 0.1) is 11.1 Å². The maximum absolute atomic E-state index is 10.9. The molecule has 1 aromatic carbocycles. The molecule has 0 unspecified atom stereocenters. The summed E-state index contributed by atoms with van der Waals surface area (Å²) in [4.78, 5) is 15.2. The van der Waals surface area contributed by atoms with E-state index in [4.69, 9.17) is 5.11 Å². The van der Waals surface area contributed by atoms with Crippen LogP contribution in [0.4, 0.5) is 0 Å². The van der Waals surface area contributed by atoms with Crippen LogP contribution in [0.1, 0.15) is 15.9 Å². The average molecular weight is 252 g/mol. The highest BCUT2D eigenvalue weighted by Crippen LogP contribution is 2.17. The number of aromatic nitrogens is 2. The molecule has 4 nitrogen and oxygen atoms in total. The van der Waals surface area contributed by atoms with Crippen molar-refractivity contribution in [2.45, 2.75) is 6.54 Å². The average Bonchev–Trinajstić information content (AvgIpc) is 2.88. The lowest BCUT2D eigenvalue weighted by Crippen LogP contribution is -1.99. The van der Waals surface area contributed by atoms with Crippen LogP contribution in [0.3, 0.4) is 0 Å². The molecule has 0 radical (unpaired) electrons. The topological polar surface area (TPSA) is 55.1 Å². The number of hydrogen-bond acceptors (Lipinski definition) is 2. The minimum absolute atomic E-state index is 0.299. The van der Waals surface area contributed by atoms with E-state index in [0.29, 0.717) is 12.1 Å². The third kappa shape index (κ3) is 2.20. The van der Waals surface area contributed by atoms with E-state index in [0.717, 1.165) is 16.5 Å². The van der Waals surface area contributed by atoms with Crippen molar-refractivity contribution in [3.8, 4) is 0 Å². The van der Waals surface area contributed by atoms with Crippen LogP contribution in [0, 0.1) is 0 Å². The largest absolute Gasteiger partial charge is 0.478 e. The summed E-state index contributed by atoms with van der Waals surface area (Å²) in [5.41, 5.74) is 2.33. The van der Waals surface area contributed by atoms with Gasteiger partial charge in [-0.25, -0.2) is 4.79 Å². The Bertz CT molecular complexity index is 741. The Morgan fingerprint density at radius 2 is 2.05 bits per heavy atom. The standard InChI is InChI=1S/C15H12N2O2/c18-15(19)13-6-8-17(10-13)9-12-4-1-3-11-5-2-7-16-14(11)12/h1-8,10H,9H2,(H,18,19). The summed E-state index contributed by atoms with van der Waals surface area (Å²) in [7, 11) is 0. The molecule has 2 aromatic heterocycles. The first-order valence-corrected chi connectivity index (χ1v) is 5.96. The zero-order chi connectivity index (χ0) is 13.2. The molecule has 0 aliphatic heterocycles. The number of benzene rings is 1. The van der Waals surface area contributed by atoms with Crippen molar-refractivity contribution in [3.05, 3.63) is 66.1 Å². The van der Waals surface area contributed by atoms with Gasteiger partial charge in [-0.2, -0.15) is 0 Å². The van der Waals surface area contributed by atoms with Crippen LogP contribution in [0.2, 0.25) is 0 Å². The van der Waals surface area contributed by atoms with Crippen LogP contribution in [0.15, 0.2) is 55.0 Å². The number of fused-ring (bicyclic) bond motifs is 1. The van der Waals surface area contributed by atoms with Gasteiger partial charge in [0.2, 0.25) is 0 Å². The number of pyridine rings is 1. The van der Waals surface area contributed by atoms with Crippen molar-refractivity contribution < 1.29 is 9.90 Å². The van der Waals surface area contributed by atoms with E-state index in [-0.39, 0.29) is 0 Å². The van der Waals surface area contributed by atoms with Crippen LogP contribution < -0.4 is 0 Å². The van der Waals surface area contributed by atoms with E-state index in [1.54, 1.807) is 24.7 Å². The fourth-order valence-electron chi connectivity index (χ4n) is 2.16. The summed E-state index contributed by atoms with van der Waals surface area (Å²) in [5, 5.41) is 10.00. The molecule has 0 amide bonds. The predicted octanol–water partition coefficient (Wildman–Crippen LogP) is 2.78. The molecule has 0 saturated heterocycles. The number of nitrogens with zero attached hydrogens (tertiary/aromatic N) is 2. The van der Waals surface area contributed by atoms with Gasteiger partial charge in [0.1, 0.15) is 0 Å². The summed E-state index contributed by atoms with van der Waals surface area (Å²) < 4.78 is 1.85. The highest BCUT2D eigenvalue weighted by atomic mass is 16.4. The van der Waals surface area contributed by atoms with Gasteiger partial charge in [0.25, 0.3) is 0 Å². The summed E-state index contributed by atoms with van der Waals surface area (Å²) in [6.07, 6.45) is 5.17. The Hall–Kier alpha value is -2.62. The minimum Gasteiger partial charge on any atom is -0.478 e. The van der Waals surface area contributed by atoms with Gasteiger partial charge in [0, 0.05) is 30.5 Å². The first-order chi connectivity index (χ1) is 9.24. The molecule has 4 heteroatoms. The minimum atomic E-state index is -0.908. The predicted molar refractivity (Wildman–Crippen MR) is 72.2 cm³/mol. The SMILES string of the molecule is O=C(O)c1ccn(Cc2cccc3cccnc23)c1. The second-order valence-electron chi connectivity index (χ2n) is 4.37. The third-order valence-electron chi connectivity index (χ3n) is 3.07. The highest BCUT2D eigenvalue weighted by molar-refractivity contribution is 5.87. The van der Waals surface area contributed by atoms with Crippen molar-refractivity contribution in [2.75, 3.05) is 0 Å². The molecule has 1 N–H and O–H groups in total. The van der Waals surface area contributed by atoms with Gasteiger partial charge < -0.3 is 9.67 Å². The molecule has 0 spiro atoms. The zero-order valence-electron chi connectivity index (χ0n) is 10.2. The molecule has 2 heterocycles. The van der Waals surface area contributed by atoms with Crippen LogP contribution in [-0.2, 0) is 6.54 Å². The fourth-order valence-corrected chi connectivity index (χ4v) is 2.16. The van der Waals surface area contributed by atoms with Gasteiger partial charge in [-0.05, 0) is 17.7 Å². The summed E-state index contributed by atoms with van der Waals surface area (Å²) in [5.74, 6) is -0.908. The molecular formula is C15H12N2O2. The number of hydrogen-bond donors (Lipinski definition) is 1. The Morgan fingerprint density at radius 1 is 1.21 bits per heavy atom. The normalized spacial score (nSPS) is 10.7. The molecule has 94 valence electrons. The first kappa shape index (κ1) is 11.5. The van der Waals surface area contributed by atoms with Crippen LogP contribution in [0.25, 0.3) is 10.9 Å². The van der Waals surface area contributed by atoms with Gasteiger partial charge in [-0.3, -0.25) is 4.98 Å². The number of aromatic carboxylic acids is 1. The van der Waals surface area contributed by atoms with Crippen molar-refractivity contribution in [2.24, 2.45) is 0 Å². The molecule has 0 bridgehead atoms. The number of carboxylic acids is 1. The Balaban J connectivity index is 1.98. The lowest BCUT2D eigenvalue weighted by molar-refractivity contribution is 0.0697. The van der Waals surface area contributed by atoms with E-state index in [2.05, 4.69) is 4.98 Å². The lowest BCUT2D eigenvalue weighted by atomic mass is 10.1. The van der Waals surface area contributed by atoms with E-state index < -0.39 is 5.97 Å². The van der Waals surface area contributed by atoms with Gasteiger partial charge in [-0.15, -0.1) is 0 Å². The van der Waals surface area contributed by atoms with E-state index >= 15 is 0 Å². The number of carbonyl (C=O) groups is 1. The number of rotatable bonds is 3. The van der Waals surface area contributed by atoms with Crippen LogP contribution in [0.5, 0.6) is 0 Å². The smallest absolute Gasteiger partial charge is 0.337 e. The van der Waals surface area contributed by atoms with E-state index in [1.165, 1.54) is 0 Å². The summed E-state index contributed by atoms with van der Waals surface area (Å²) in [6, 6.07) is 11.5. The molecule has 3 rings (SSSR count). The molecule has 0 fully saturated rings. The fraction of sp³-hybridized carbons (Fsp3) is 0.0667. The Morgan fingerprint density at radius 3 is 2.84 bits per heavy atom. The maximum atomic E-state index is 10.9. The monoisotopic (exact) mass is 252 g/mol. The maximum Gasteiger partial charge on any atom is 0.337 e. The summed E-state index contributed by atoms with van der Waals surface area (Å²) in [6.45, 7) is 0.613. The van der Waals surface area contributed by atoms with Gasteiger partial charge in [0.15, 0.2) is 0 Å². The molecule has 0 aliphatic carbocycles. The quantitative estimate of drug-likeness (QED) is 0.779. The van der Waals surface area contributed by atoms with E-state index in [9.17, 15) is 4.79 Å². The van der Waals surface area contributed by atoms with Crippen molar-refractivity contribution in [1.82, 2.24) is 9.55 Å². The molecule has 0 aliphatic rings. The molecule has 19 heavy (non-hydrogen) atoms. The number of para-hydroxylation sites is 1. The summed E-state index contributed by atoms with van der Waals surface area (Å²) >= 11 is 0. The second-order valence-corrected chi connectivity index (χ2v) is 4.37. The van der Waals surface area contributed by atoms with Gasteiger partial charge >= 0.3 is 5.97 Å². The molecule has 0 saturated carbocycles. The van der Waals surface area contributed by atoms with Gasteiger partial charge in [-0.1, -0.05) is 24.3 Å². The molecular weight excluding hydrogens is 240 g/mol. The number of carboxylic acid groups (broad SMARTS) is 1. The van der Waals surface area contributed by atoms with E-state index in [1.807, 2.05) is 34.9 Å². The van der Waals surface area contributed by atoms with Crippen molar-refractivity contribution in [3.63, 3.8) is 0 Å². The Labute approximate surface area is 109 Å². The lowest BCUT2D eigenvalue weighted by Gasteiger charge is -2.06. The van der Waals surface area contributed by atoms with Crippen LogP contribution >= 0.6 is 0 Å². The zero-order valence-corrected chi connectivity index (χ0v) is 10.2. The highest BCUT2D eigenvalue weighted by Gasteiger charge is 2.06. The van der Waals surface area contributed by atoms with Crippen molar-refractivity contribution in [1.29, 1.82) is 0 Å². The molecule has 3 aromatic rings. The third-order valence-corrected chi connectivity index (χ3v) is 3.07. The molecule has 0 atom stereocenters. The first-order valence-electron chi connectivity index (χ1n) is 5.96. The van der Waals surface area contributed by atoms with Crippen molar-refractivity contribution >= 4 is 16.9 Å². The Kier molecular flexibility index (Phi) is 2.76.